The predicted molar refractivity (Wildman–Crippen MR) is 129 cm³/mol. The Hall–Kier alpha value is -3.52. The van der Waals surface area contributed by atoms with Crippen molar-refractivity contribution in [3.63, 3.8) is 0 Å². The number of carbonyl (C=O) groups is 1. The number of thiophene rings is 1. The molecule has 0 aliphatic rings. The Morgan fingerprint density at radius 1 is 0.914 bits per heavy atom. The number of rotatable bonds is 8. The standard InChI is InChI=1S/C27H23F3O4S/c1-17-11-22-20(12-26(31)32-2)16-35-25(22)13-24(17)34-15-19-5-3-4-6-23(19)33-14-18-7-9-21(10-8-18)27(28,29)30/h3-11,13,16H,12,14-15H2,1-2H3. The van der Waals surface area contributed by atoms with Gasteiger partial charge in [-0.05, 0) is 64.7 Å². The first-order chi connectivity index (χ1) is 16.7. The molecule has 0 saturated carbocycles. The highest BCUT2D eigenvalue weighted by molar-refractivity contribution is 7.17. The number of esters is 1. The van der Waals surface area contributed by atoms with Crippen LogP contribution in [-0.4, -0.2) is 13.1 Å². The van der Waals surface area contributed by atoms with E-state index in [-0.39, 0.29) is 25.6 Å². The van der Waals surface area contributed by atoms with Crippen molar-refractivity contribution in [3.05, 3.63) is 93.9 Å². The van der Waals surface area contributed by atoms with Crippen molar-refractivity contribution >= 4 is 27.4 Å². The summed E-state index contributed by atoms with van der Waals surface area (Å²) in [6.45, 7) is 2.34. The Kier molecular flexibility index (Phi) is 7.31. The van der Waals surface area contributed by atoms with Gasteiger partial charge < -0.3 is 14.2 Å². The van der Waals surface area contributed by atoms with Crippen molar-refractivity contribution in [3.8, 4) is 11.5 Å². The molecule has 1 heterocycles. The zero-order chi connectivity index (χ0) is 25.0. The van der Waals surface area contributed by atoms with E-state index >= 15 is 0 Å². The topological polar surface area (TPSA) is 44.8 Å². The predicted octanol–water partition coefficient (Wildman–Crippen LogP) is 7.10. The highest BCUT2D eigenvalue weighted by Gasteiger charge is 2.29. The molecule has 4 nitrogen and oxygen atoms in total. The van der Waals surface area contributed by atoms with Crippen LogP contribution in [0.2, 0.25) is 0 Å². The van der Waals surface area contributed by atoms with E-state index in [1.165, 1.54) is 30.6 Å². The summed E-state index contributed by atoms with van der Waals surface area (Å²) >= 11 is 1.54. The van der Waals surface area contributed by atoms with E-state index < -0.39 is 11.7 Å². The normalized spacial score (nSPS) is 11.5. The number of ether oxygens (including phenoxy) is 3. The SMILES string of the molecule is COC(=O)Cc1csc2cc(OCc3ccccc3OCc3ccc(C(F)(F)F)cc3)c(C)cc12. The van der Waals surface area contributed by atoms with Gasteiger partial charge in [-0.2, -0.15) is 13.2 Å². The molecule has 0 unspecified atom stereocenters. The van der Waals surface area contributed by atoms with Gasteiger partial charge in [0.1, 0.15) is 24.7 Å². The number of halogens is 3. The number of carbonyl (C=O) groups excluding carboxylic acids is 1. The lowest BCUT2D eigenvalue weighted by Crippen LogP contribution is -2.05. The molecule has 182 valence electrons. The molecule has 0 N–H and O–H groups in total. The van der Waals surface area contributed by atoms with Gasteiger partial charge in [-0.3, -0.25) is 4.79 Å². The van der Waals surface area contributed by atoms with E-state index in [4.69, 9.17) is 14.2 Å². The maximum Gasteiger partial charge on any atom is 0.416 e. The van der Waals surface area contributed by atoms with Gasteiger partial charge in [0.2, 0.25) is 0 Å². The van der Waals surface area contributed by atoms with Crippen molar-refractivity contribution in [2.24, 2.45) is 0 Å². The van der Waals surface area contributed by atoms with Gasteiger partial charge in [-0.15, -0.1) is 11.3 Å². The minimum absolute atomic E-state index is 0.137. The minimum atomic E-state index is -4.36. The van der Waals surface area contributed by atoms with Crippen LogP contribution >= 0.6 is 11.3 Å². The lowest BCUT2D eigenvalue weighted by atomic mass is 10.1. The third kappa shape index (κ3) is 5.95. The Bertz CT molecular complexity index is 1330. The van der Waals surface area contributed by atoms with Gasteiger partial charge >= 0.3 is 12.1 Å². The maximum atomic E-state index is 12.8. The van der Waals surface area contributed by atoms with Crippen LogP contribution in [-0.2, 0) is 35.3 Å². The second kappa shape index (κ2) is 10.4. The summed E-state index contributed by atoms with van der Waals surface area (Å²) in [7, 11) is 1.37. The molecule has 0 aliphatic carbocycles. The van der Waals surface area contributed by atoms with E-state index in [0.29, 0.717) is 11.3 Å². The van der Waals surface area contributed by atoms with E-state index in [0.717, 1.165) is 44.7 Å². The van der Waals surface area contributed by atoms with Gasteiger partial charge in [0, 0.05) is 10.3 Å². The van der Waals surface area contributed by atoms with E-state index in [1.807, 2.05) is 42.6 Å². The van der Waals surface area contributed by atoms with Crippen molar-refractivity contribution < 1.29 is 32.2 Å². The van der Waals surface area contributed by atoms with Crippen molar-refractivity contribution in [2.75, 3.05) is 7.11 Å². The van der Waals surface area contributed by atoms with Crippen LogP contribution in [0.4, 0.5) is 13.2 Å². The first-order valence-electron chi connectivity index (χ1n) is 10.8. The highest BCUT2D eigenvalue weighted by Crippen LogP contribution is 2.34. The van der Waals surface area contributed by atoms with Crippen LogP contribution in [0.3, 0.4) is 0 Å². The van der Waals surface area contributed by atoms with Crippen LogP contribution in [0.5, 0.6) is 11.5 Å². The Morgan fingerprint density at radius 3 is 2.34 bits per heavy atom. The zero-order valence-electron chi connectivity index (χ0n) is 19.1. The molecule has 0 spiro atoms. The molecule has 35 heavy (non-hydrogen) atoms. The molecule has 0 aliphatic heterocycles. The number of fused-ring (bicyclic) bond motifs is 1. The van der Waals surface area contributed by atoms with Crippen molar-refractivity contribution in [1.29, 1.82) is 0 Å². The van der Waals surface area contributed by atoms with Gasteiger partial charge in [0.25, 0.3) is 0 Å². The quantitative estimate of drug-likeness (QED) is 0.242. The second-order valence-electron chi connectivity index (χ2n) is 8.01. The summed E-state index contributed by atoms with van der Waals surface area (Å²) in [4.78, 5) is 11.7. The number of hydrogen-bond donors (Lipinski definition) is 0. The van der Waals surface area contributed by atoms with E-state index in [9.17, 15) is 18.0 Å². The summed E-state index contributed by atoms with van der Waals surface area (Å²) in [5.74, 6) is 1.04. The summed E-state index contributed by atoms with van der Waals surface area (Å²) in [5, 5.41) is 2.96. The van der Waals surface area contributed by atoms with E-state index in [2.05, 4.69) is 0 Å². The summed E-state index contributed by atoms with van der Waals surface area (Å²) in [5.41, 5.74) is 2.62. The minimum Gasteiger partial charge on any atom is -0.488 e. The maximum absolute atomic E-state index is 12.8. The van der Waals surface area contributed by atoms with Crippen molar-refractivity contribution in [1.82, 2.24) is 0 Å². The molecule has 4 aromatic rings. The highest BCUT2D eigenvalue weighted by atomic mass is 32.1. The fourth-order valence-corrected chi connectivity index (χ4v) is 4.58. The Labute approximate surface area is 204 Å². The van der Waals surface area contributed by atoms with Crippen LogP contribution in [0, 0.1) is 6.92 Å². The van der Waals surface area contributed by atoms with Crippen LogP contribution in [0.1, 0.15) is 27.8 Å². The van der Waals surface area contributed by atoms with Crippen molar-refractivity contribution in [2.45, 2.75) is 32.7 Å². The molecular weight excluding hydrogens is 477 g/mol. The fourth-order valence-electron chi connectivity index (χ4n) is 3.61. The Morgan fingerprint density at radius 2 is 1.63 bits per heavy atom. The molecular formula is C27H23F3O4S. The number of benzene rings is 3. The molecule has 0 atom stereocenters. The summed E-state index contributed by atoms with van der Waals surface area (Å²) in [6.07, 6.45) is -4.14. The molecule has 3 aromatic carbocycles. The molecule has 0 fully saturated rings. The fraction of sp³-hybridized carbons (Fsp3) is 0.222. The average Bonchev–Trinajstić information content (AvgIpc) is 3.22. The number of alkyl halides is 3. The van der Waals surface area contributed by atoms with Gasteiger partial charge in [0.15, 0.2) is 0 Å². The molecule has 0 saturated heterocycles. The molecule has 4 rings (SSSR count). The largest absolute Gasteiger partial charge is 0.488 e. The van der Waals surface area contributed by atoms with Crippen LogP contribution in [0.25, 0.3) is 10.1 Å². The smallest absolute Gasteiger partial charge is 0.416 e. The monoisotopic (exact) mass is 500 g/mol. The second-order valence-corrected chi connectivity index (χ2v) is 8.92. The molecule has 0 amide bonds. The molecule has 8 heteroatoms. The third-order valence-electron chi connectivity index (χ3n) is 5.55. The molecule has 1 aromatic heterocycles. The molecule has 0 radical (unpaired) electrons. The lowest BCUT2D eigenvalue weighted by molar-refractivity contribution is -0.140. The number of hydrogen-bond acceptors (Lipinski definition) is 5. The first-order valence-corrected chi connectivity index (χ1v) is 11.7. The lowest BCUT2D eigenvalue weighted by Gasteiger charge is -2.14. The van der Waals surface area contributed by atoms with Crippen LogP contribution < -0.4 is 9.47 Å². The zero-order valence-corrected chi connectivity index (χ0v) is 20.0. The average molecular weight is 501 g/mol. The van der Waals surface area contributed by atoms with Gasteiger partial charge in [-0.1, -0.05) is 30.3 Å². The third-order valence-corrected chi connectivity index (χ3v) is 6.54. The number of methoxy groups -OCH3 is 1. The number of aryl methyl sites for hydroxylation is 1. The number of para-hydroxylation sites is 1. The molecule has 0 bridgehead atoms. The van der Waals surface area contributed by atoms with E-state index in [1.54, 1.807) is 6.07 Å². The summed E-state index contributed by atoms with van der Waals surface area (Å²) < 4.78 is 56.1. The van der Waals surface area contributed by atoms with Gasteiger partial charge in [0.05, 0.1) is 19.1 Å². The Balaban J connectivity index is 1.44. The first kappa shape index (κ1) is 24.6. The summed E-state index contributed by atoms with van der Waals surface area (Å²) in [6, 6.07) is 16.3. The van der Waals surface area contributed by atoms with Gasteiger partial charge in [-0.25, -0.2) is 0 Å². The van der Waals surface area contributed by atoms with Crippen LogP contribution in [0.15, 0.2) is 66.0 Å².